The lowest BCUT2D eigenvalue weighted by Crippen LogP contribution is -2.30. The first-order chi connectivity index (χ1) is 20.5. The van der Waals surface area contributed by atoms with Crippen LogP contribution in [0.1, 0.15) is 77.2 Å². The molecule has 0 bridgehead atoms. The van der Waals surface area contributed by atoms with Crippen molar-refractivity contribution in [3.8, 4) is 22.8 Å². The molecule has 2 aliphatic carbocycles. The molecule has 2 saturated carbocycles. The molecule has 2 fully saturated rings. The number of anilines is 1. The topological polar surface area (TPSA) is 98.8 Å². The SMILES string of the molecule is COc1cc(C(=O)NCC(c2cc3c(c(-c4ccc(C(F)(F)F)cc4Cl)n2)OCC3C)C2CC2)cc(C=NC2CC2)c1N. The van der Waals surface area contributed by atoms with Crippen molar-refractivity contribution in [3.63, 3.8) is 0 Å². The smallest absolute Gasteiger partial charge is 0.416 e. The number of ether oxygens (including phenoxy) is 2. The van der Waals surface area contributed by atoms with Gasteiger partial charge in [-0.15, -0.1) is 0 Å². The van der Waals surface area contributed by atoms with Crippen LogP contribution in [0.2, 0.25) is 5.02 Å². The zero-order valence-electron chi connectivity index (χ0n) is 23.8. The molecule has 0 saturated heterocycles. The van der Waals surface area contributed by atoms with E-state index in [1.165, 1.54) is 13.2 Å². The number of pyridine rings is 1. The van der Waals surface area contributed by atoms with E-state index in [4.69, 9.17) is 31.8 Å². The summed E-state index contributed by atoms with van der Waals surface area (Å²) in [7, 11) is 1.50. The Kier molecular flexibility index (Phi) is 7.75. The lowest BCUT2D eigenvalue weighted by molar-refractivity contribution is -0.137. The molecule has 1 amide bonds. The van der Waals surface area contributed by atoms with Crippen molar-refractivity contribution >= 4 is 29.4 Å². The van der Waals surface area contributed by atoms with Gasteiger partial charge in [0.25, 0.3) is 5.91 Å². The van der Waals surface area contributed by atoms with Crippen molar-refractivity contribution in [2.75, 3.05) is 26.0 Å². The molecule has 11 heteroatoms. The molecule has 43 heavy (non-hydrogen) atoms. The Labute approximate surface area is 252 Å². The molecule has 2 heterocycles. The highest BCUT2D eigenvalue weighted by molar-refractivity contribution is 6.33. The van der Waals surface area contributed by atoms with E-state index in [0.29, 0.717) is 64.7 Å². The van der Waals surface area contributed by atoms with Crippen LogP contribution >= 0.6 is 11.6 Å². The van der Waals surface area contributed by atoms with E-state index in [-0.39, 0.29) is 22.8 Å². The third kappa shape index (κ3) is 6.16. The number of alkyl halides is 3. The molecule has 2 unspecified atom stereocenters. The summed E-state index contributed by atoms with van der Waals surface area (Å²) >= 11 is 6.40. The highest BCUT2D eigenvalue weighted by atomic mass is 35.5. The number of halogens is 4. The third-order valence-electron chi connectivity index (χ3n) is 8.26. The number of aliphatic imine (C=N–C) groups is 1. The summed E-state index contributed by atoms with van der Waals surface area (Å²) < 4.78 is 51.3. The van der Waals surface area contributed by atoms with Gasteiger partial charge in [-0.2, -0.15) is 13.2 Å². The van der Waals surface area contributed by atoms with Gasteiger partial charge in [-0.1, -0.05) is 24.6 Å². The number of hydrogen-bond acceptors (Lipinski definition) is 6. The van der Waals surface area contributed by atoms with Crippen LogP contribution in [-0.2, 0) is 6.18 Å². The largest absolute Gasteiger partial charge is 0.495 e. The molecule has 0 radical (unpaired) electrons. The summed E-state index contributed by atoms with van der Waals surface area (Å²) in [5.41, 5.74) is 9.32. The predicted molar refractivity (Wildman–Crippen MR) is 159 cm³/mol. The predicted octanol–water partition coefficient (Wildman–Crippen LogP) is 7.01. The first kappa shape index (κ1) is 29.3. The second-order valence-electron chi connectivity index (χ2n) is 11.6. The minimum absolute atomic E-state index is 0.0561. The normalized spacial score (nSPS) is 18.8. The summed E-state index contributed by atoms with van der Waals surface area (Å²) in [6.45, 7) is 2.78. The molecule has 0 spiro atoms. The van der Waals surface area contributed by atoms with Gasteiger partial charge in [0.2, 0.25) is 0 Å². The van der Waals surface area contributed by atoms with E-state index in [1.54, 1.807) is 18.3 Å². The van der Waals surface area contributed by atoms with Crippen LogP contribution in [0.15, 0.2) is 41.4 Å². The van der Waals surface area contributed by atoms with Crippen LogP contribution in [-0.4, -0.2) is 43.4 Å². The Balaban J connectivity index is 1.30. The Morgan fingerprint density at radius 1 is 1.23 bits per heavy atom. The van der Waals surface area contributed by atoms with Crippen LogP contribution in [0.5, 0.6) is 11.5 Å². The van der Waals surface area contributed by atoms with Crippen molar-refractivity contribution in [2.24, 2.45) is 10.9 Å². The minimum atomic E-state index is -4.51. The maximum absolute atomic E-state index is 13.4. The van der Waals surface area contributed by atoms with Crippen LogP contribution < -0.4 is 20.5 Å². The molecule has 1 aliphatic heterocycles. The van der Waals surface area contributed by atoms with Crippen LogP contribution in [0.25, 0.3) is 11.3 Å². The molecular formula is C32H32ClF3N4O3. The van der Waals surface area contributed by atoms with E-state index in [0.717, 1.165) is 49.1 Å². The van der Waals surface area contributed by atoms with Gasteiger partial charge in [-0.05, 0) is 61.9 Å². The quantitative estimate of drug-likeness (QED) is 0.200. The molecule has 3 N–H and O–H groups in total. The van der Waals surface area contributed by atoms with Gasteiger partial charge in [-0.25, -0.2) is 4.98 Å². The second kappa shape index (κ2) is 11.4. The highest BCUT2D eigenvalue weighted by Gasteiger charge is 2.37. The van der Waals surface area contributed by atoms with Crippen molar-refractivity contribution in [2.45, 2.75) is 56.7 Å². The molecule has 2 aromatic carbocycles. The maximum atomic E-state index is 13.4. The van der Waals surface area contributed by atoms with E-state index >= 15 is 0 Å². The van der Waals surface area contributed by atoms with E-state index in [2.05, 4.69) is 10.3 Å². The average Bonchev–Trinajstić information content (AvgIpc) is 3.91. The lowest BCUT2D eigenvalue weighted by atomic mass is 9.93. The van der Waals surface area contributed by atoms with E-state index in [9.17, 15) is 18.0 Å². The number of nitrogen functional groups attached to an aromatic ring is 1. The van der Waals surface area contributed by atoms with Gasteiger partial charge in [0.1, 0.15) is 17.2 Å². The summed E-state index contributed by atoms with van der Waals surface area (Å²) in [5.74, 6) is 0.911. The number of carbonyl (C=O) groups excluding carboxylic acids is 1. The van der Waals surface area contributed by atoms with E-state index in [1.807, 2.05) is 13.0 Å². The summed E-state index contributed by atoms with van der Waals surface area (Å²) in [6, 6.07) is 8.89. The van der Waals surface area contributed by atoms with Crippen LogP contribution in [0.4, 0.5) is 18.9 Å². The van der Waals surface area contributed by atoms with Crippen molar-refractivity contribution in [1.29, 1.82) is 0 Å². The van der Waals surface area contributed by atoms with Gasteiger partial charge in [0.15, 0.2) is 0 Å². The Hall–Kier alpha value is -3.79. The number of fused-ring (bicyclic) bond motifs is 1. The second-order valence-corrected chi connectivity index (χ2v) is 12.0. The number of rotatable bonds is 9. The number of nitrogens with zero attached hydrogens (tertiary/aromatic N) is 2. The van der Waals surface area contributed by atoms with Crippen LogP contribution in [0, 0.1) is 5.92 Å². The molecule has 3 aliphatic rings. The molecule has 7 nitrogen and oxygen atoms in total. The monoisotopic (exact) mass is 612 g/mol. The number of nitrogens with two attached hydrogens (primary N) is 1. The number of carbonyl (C=O) groups is 1. The Morgan fingerprint density at radius 3 is 2.65 bits per heavy atom. The average molecular weight is 613 g/mol. The standard InChI is InChI=1S/C32H32ClF3N4O3/c1-16-15-43-30-23(16)12-26(40-29(30)22-8-5-20(11-25(22)33)32(34,35)36)24(17-3-4-17)14-39-31(41)18-9-19(13-38-21-6-7-21)28(37)27(10-18)42-2/h5,8-13,16-17,21,24H,3-4,6-7,14-15,37H2,1-2H3,(H,39,41). The highest BCUT2D eigenvalue weighted by Crippen LogP contribution is 2.48. The van der Waals surface area contributed by atoms with Gasteiger partial charge in [0, 0.05) is 52.5 Å². The number of methoxy groups -OCH3 is 1. The lowest BCUT2D eigenvalue weighted by Gasteiger charge is -2.20. The van der Waals surface area contributed by atoms with Gasteiger partial charge in [0.05, 0.1) is 36.0 Å². The molecule has 226 valence electrons. The zero-order valence-corrected chi connectivity index (χ0v) is 24.6. The maximum Gasteiger partial charge on any atom is 0.416 e. The number of benzene rings is 2. The molecule has 3 aromatic rings. The number of hydrogen-bond donors (Lipinski definition) is 2. The van der Waals surface area contributed by atoms with E-state index < -0.39 is 11.7 Å². The van der Waals surface area contributed by atoms with Crippen molar-refractivity contribution in [1.82, 2.24) is 10.3 Å². The van der Waals surface area contributed by atoms with Crippen LogP contribution in [0.3, 0.4) is 0 Å². The molecule has 2 atom stereocenters. The fraction of sp³-hybridized carbons (Fsp3) is 0.406. The minimum Gasteiger partial charge on any atom is -0.495 e. The van der Waals surface area contributed by atoms with Gasteiger partial charge >= 0.3 is 6.18 Å². The zero-order chi connectivity index (χ0) is 30.5. The summed E-state index contributed by atoms with van der Waals surface area (Å²) in [6.07, 6.45) is 1.25. The first-order valence-electron chi connectivity index (χ1n) is 14.4. The number of nitrogens with one attached hydrogen (secondary N) is 1. The third-order valence-corrected chi connectivity index (χ3v) is 8.58. The van der Waals surface area contributed by atoms with Gasteiger partial charge < -0.3 is 20.5 Å². The summed E-state index contributed by atoms with van der Waals surface area (Å²) in [4.78, 5) is 22.8. The number of amides is 1. The van der Waals surface area contributed by atoms with Crippen molar-refractivity contribution in [3.05, 3.63) is 69.4 Å². The fourth-order valence-electron chi connectivity index (χ4n) is 5.43. The molecule has 1 aromatic heterocycles. The molecule has 6 rings (SSSR count). The van der Waals surface area contributed by atoms with Gasteiger partial charge in [-0.3, -0.25) is 9.79 Å². The Bertz CT molecular complexity index is 1600. The summed E-state index contributed by atoms with van der Waals surface area (Å²) in [5, 5.41) is 3.01. The first-order valence-corrected chi connectivity index (χ1v) is 14.7. The Morgan fingerprint density at radius 2 is 2.00 bits per heavy atom. The molecular weight excluding hydrogens is 581 g/mol. The fourth-order valence-corrected chi connectivity index (χ4v) is 5.70. The number of aromatic nitrogens is 1. The van der Waals surface area contributed by atoms with Crippen molar-refractivity contribution < 1.29 is 27.4 Å².